The van der Waals surface area contributed by atoms with Gasteiger partial charge in [-0.3, -0.25) is 0 Å². The molecule has 0 saturated carbocycles. The van der Waals surface area contributed by atoms with Gasteiger partial charge in [0.15, 0.2) is 0 Å². The number of benzene rings is 12. The van der Waals surface area contributed by atoms with Crippen LogP contribution in [-0.2, 0) is 0 Å². The fourth-order valence-electron chi connectivity index (χ4n) is 11.9. The van der Waals surface area contributed by atoms with Crippen LogP contribution in [0.2, 0.25) is 0 Å². The third-order valence-electron chi connectivity index (χ3n) is 15.2. The minimum absolute atomic E-state index is 1.11. The van der Waals surface area contributed by atoms with E-state index in [1.54, 1.807) is 0 Å². The summed E-state index contributed by atoms with van der Waals surface area (Å²) in [5.41, 5.74) is 26.4. The second-order valence-electron chi connectivity index (χ2n) is 20.8. The van der Waals surface area contributed by atoms with E-state index in [4.69, 9.17) is 0 Å². The van der Waals surface area contributed by atoms with Crippen LogP contribution in [0.25, 0.3) is 76.8 Å². The van der Waals surface area contributed by atoms with Crippen LogP contribution in [0.15, 0.2) is 218 Å². The molecule has 12 aromatic carbocycles. The van der Waals surface area contributed by atoms with Crippen LogP contribution in [0.3, 0.4) is 0 Å². The zero-order valence-electron chi connectivity index (χ0n) is 43.7. The molecule has 0 amide bonds. The zero-order valence-corrected chi connectivity index (χ0v) is 43.7. The van der Waals surface area contributed by atoms with Crippen LogP contribution in [0.5, 0.6) is 0 Å². The Morgan fingerprint density at radius 2 is 0.514 bits per heavy atom. The van der Waals surface area contributed by atoms with E-state index in [1.807, 2.05) is 0 Å². The Bertz CT molecular complexity index is 3700. The number of aryl methyl sites for hydroxylation is 8. The highest BCUT2D eigenvalue weighted by Crippen LogP contribution is 2.50. The minimum Gasteiger partial charge on any atom is -0.310 e. The summed E-state index contributed by atoms with van der Waals surface area (Å²) >= 11 is 0. The van der Waals surface area contributed by atoms with Crippen molar-refractivity contribution in [3.63, 3.8) is 0 Å². The van der Waals surface area contributed by atoms with Gasteiger partial charge in [0, 0.05) is 33.5 Å². The van der Waals surface area contributed by atoms with Gasteiger partial charge in [-0.1, -0.05) is 146 Å². The lowest BCUT2D eigenvalue weighted by Crippen LogP contribution is -2.12. The second-order valence-corrected chi connectivity index (χ2v) is 20.8. The van der Waals surface area contributed by atoms with Crippen molar-refractivity contribution in [2.24, 2.45) is 0 Å². The summed E-state index contributed by atoms with van der Waals surface area (Å²) in [5, 5.41) is 7.37. The van der Waals surface area contributed by atoms with Gasteiger partial charge >= 0.3 is 0 Å². The van der Waals surface area contributed by atoms with E-state index in [0.717, 1.165) is 34.1 Å². The fraction of sp³-hybridized carbons (Fsp3) is 0.111. The van der Waals surface area contributed by atoms with E-state index >= 15 is 0 Å². The maximum absolute atomic E-state index is 2.52. The Morgan fingerprint density at radius 3 is 0.811 bits per heavy atom. The number of rotatable bonds is 10. The number of hydrogen-bond acceptors (Lipinski definition) is 2. The van der Waals surface area contributed by atoms with Gasteiger partial charge in [-0.05, 0) is 239 Å². The van der Waals surface area contributed by atoms with E-state index in [1.165, 1.54) is 121 Å². The van der Waals surface area contributed by atoms with Crippen molar-refractivity contribution in [1.82, 2.24) is 0 Å². The van der Waals surface area contributed by atoms with Crippen LogP contribution >= 0.6 is 0 Å². The molecule has 0 aliphatic carbocycles. The average Bonchev–Trinajstić information content (AvgIpc) is 3.39. The van der Waals surface area contributed by atoms with Gasteiger partial charge in [0.2, 0.25) is 0 Å². The Balaban J connectivity index is 1.13. The second kappa shape index (κ2) is 18.7. The minimum atomic E-state index is 1.11. The van der Waals surface area contributed by atoms with E-state index in [0.29, 0.717) is 0 Å². The third-order valence-corrected chi connectivity index (χ3v) is 15.2. The molecule has 12 aromatic rings. The molecule has 74 heavy (non-hydrogen) atoms. The maximum Gasteiger partial charge on any atom is 0.0540 e. The number of anilines is 6. The van der Waals surface area contributed by atoms with Gasteiger partial charge in [-0.25, -0.2) is 0 Å². The third kappa shape index (κ3) is 8.37. The zero-order chi connectivity index (χ0) is 50.8. The Morgan fingerprint density at radius 1 is 0.243 bits per heavy atom. The maximum atomic E-state index is 2.52. The fourth-order valence-corrected chi connectivity index (χ4v) is 11.9. The standard InChI is InChI=1S/C72H60N2/c1-45-33-46(2)36-59(35-45)73(61-41-55(63-21-13-9-17-49(63)5)39-56(42-61)64-22-14-10-18-50(64)6)69-31-27-53-26-30-68-70(32-28-54-25-29-67(69)71(53)72(54)68)74(60-37-47(3)34-48(4)38-60)62-43-57(65-23-15-11-19-51(65)7)40-58(44-62)66-24-16-12-20-52(66)8/h9-44H,1-8H3. The Labute approximate surface area is 436 Å². The van der Waals surface area contributed by atoms with Crippen molar-refractivity contribution in [3.8, 4) is 44.5 Å². The van der Waals surface area contributed by atoms with E-state index in [-0.39, 0.29) is 0 Å². The summed E-state index contributed by atoms with van der Waals surface area (Å²) in [6, 6.07) is 82.1. The molecule has 0 unspecified atom stereocenters. The summed E-state index contributed by atoms with van der Waals surface area (Å²) < 4.78 is 0. The number of nitrogens with zero attached hydrogens (tertiary/aromatic N) is 2. The van der Waals surface area contributed by atoms with Crippen molar-refractivity contribution in [2.45, 2.75) is 55.4 Å². The highest BCUT2D eigenvalue weighted by Gasteiger charge is 2.25. The van der Waals surface area contributed by atoms with Crippen molar-refractivity contribution < 1.29 is 0 Å². The highest BCUT2D eigenvalue weighted by molar-refractivity contribution is 6.28. The van der Waals surface area contributed by atoms with Crippen LogP contribution in [-0.4, -0.2) is 0 Å². The van der Waals surface area contributed by atoms with Crippen molar-refractivity contribution >= 4 is 66.4 Å². The molecule has 0 fully saturated rings. The molecule has 0 aliphatic rings. The molecular weight excluding hydrogens is 893 g/mol. The average molecular weight is 953 g/mol. The van der Waals surface area contributed by atoms with E-state index in [2.05, 4.69) is 284 Å². The molecule has 0 bridgehead atoms. The summed E-state index contributed by atoms with van der Waals surface area (Å²) in [4.78, 5) is 5.03. The first-order valence-electron chi connectivity index (χ1n) is 26.0. The smallest absolute Gasteiger partial charge is 0.0540 e. The molecule has 12 rings (SSSR count). The van der Waals surface area contributed by atoms with Crippen LogP contribution in [0.4, 0.5) is 34.1 Å². The van der Waals surface area contributed by atoms with E-state index in [9.17, 15) is 0 Å². The summed E-state index contributed by atoms with van der Waals surface area (Å²) in [5.74, 6) is 0. The molecule has 0 saturated heterocycles. The highest BCUT2D eigenvalue weighted by atomic mass is 15.2. The molecule has 2 nitrogen and oxygen atoms in total. The topological polar surface area (TPSA) is 6.48 Å². The molecule has 0 aromatic heterocycles. The Kier molecular flexibility index (Phi) is 11.7. The van der Waals surface area contributed by atoms with Gasteiger partial charge in [0.05, 0.1) is 11.4 Å². The molecule has 358 valence electrons. The summed E-state index contributed by atoms with van der Waals surface area (Å²) in [7, 11) is 0. The van der Waals surface area contributed by atoms with Gasteiger partial charge in [0.25, 0.3) is 0 Å². The first-order valence-corrected chi connectivity index (χ1v) is 26.0. The quantitative estimate of drug-likeness (QED) is 0.126. The number of hydrogen-bond donors (Lipinski definition) is 0. The van der Waals surface area contributed by atoms with Crippen molar-refractivity contribution in [2.75, 3.05) is 9.80 Å². The predicted molar refractivity (Wildman–Crippen MR) is 319 cm³/mol. The molecule has 0 N–H and O–H groups in total. The molecule has 0 radical (unpaired) electrons. The first-order chi connectivity index (χ1) is 35.9. The lowest BCUT2D eigenvalue weighted by molar-refractivity contribution is 1.26. The first kappa shape index (κ1) is 46.4. The van der Waals surface area contributed by atoms with Crippen LogP contribution < -0.4 is 9.80 Å². The van der Waals surface area contributed by atoms with Gasteiger partial charge in [-0.2, -0.15) is 0 Å². The van der Waals surface area contributed by atoms with E-state index < -0.39 is 0 Å². The van der Waals surface area contributed by atoms with Gasteiger partial charge in [0.1, 0.15) is 0 Å². The molecule has 0 aliphatic heterocycles. The molecule has 0 atom stereocenters. The summed E-state index contributed by atoms with van der Waals surface area (Å²) in [6.07, 6.45) is 0. The van der Waals surface area contributed by atoms with Gasteiger partial charge < -0.3 is 9.80 Å². The lowest BCUT2D eigenvalue weighted by atomic mass is 9.90. The van der Waals surface area contributed by atoms with Gasteiger partial charge in [-0.15, -0.1) is 0 Å². The Hall–Kier alpha value is -8.72. The predicted octanol–water partition coefficient (Wildman–Crippen LogP) is 20.7. The largest absolute Gasteiger partial charge is 0.310 e. The van der Waals surface area contributed by atoms with Crippen LogP contribution in [0.1, 0.15) is 44.5 Å². The lowest BCUT2D eigenvalue weighted by Gasteiger charge is -2.31. The molecular formula is C72H60N2. The normalized spacial score (nSPS) is 11.5. The van der Waals surface area contributed by atoms with Crippen LogP contribution in [0, 0.1) is 55.4 Å². The van der Waals surface area contributed by atoms with Crippen molar-refractivity contribution in [3.05, 3.63) is 263 Å². The molecule has 2 heteroatoms. The monoisotopic (exact) mass is 952 g/mol. The summed E-state index contributed by atoms with van der Waals surface area (Å²) in [6.45, 7) is 17.7. The molecule has 0 spiro atoms. The molecule has 0 heterocycles. The van der Waals surface area contributed by atoms with Crippen molar-refractivity contribution in [1.29, 1.82) is 0 Å². The SMILES string of the molecule is Cc1cc(C)cc(N(c2cc(-c3ccccc3C)cc(-c3ccccc3C)c2)c2ccc3ccc4c(N(c5cc(C)cc(C)c5)c5cc(-c6ccccc6C)cc(-c6ccccc6C)c5)ccc5ccc2c3c54)c1.